The zero-order valence-electron chi connectivity index (χ0n) is 15.5. The number of rotatable bonds is 5. The second-order valence-corrected chi connectivity index (χ2v) is 7.31. The van der Waals surface area contributed by atoms with Crippen LogP contribution >= 0.6 is 12.2 Å². The van der Waals surface area contributed by atoms with Gasteiger partial charge in [-0.15, -0.1) is 0 Å². The molecule has 1 unspecified atom stereocenters. The molecule has 1 fully saturated rings. The normalized spacial score (nSPS) is 16.8. The topological polar surface area (TPSA) is 36.5 Å². The highest BCUT2D eigenvalue weighted by Crippen LogP contribution is 2.23. The molecule has 5 heteroatoms. The average molecular weight is 370 g/mol. The first kappa shape index (κ1) is 18.5. The number of hydrogen-bond donors (Lipinski definition) is 2. The van der Waals surface area contributed by atoms with Crippen molar-refractivity contribution in [2.24, 2.45) is 5.92 Å². The fourth-order valence-corrected chi connectivity index (χ4v) is 3.50. The van der Waals surface area contributed by atoms with E-state index < -0.39 is 0 Å². The van der Waals surface area contributed by atoms with Crippen molar-refractivity contribution in [1.82, 2.24) is 5.32 Å². The minimum absolute atomic E-state index is 0.604. The van der Waals surface area contributed by atoms with E-state index in [1.165, 1.54) is 24.1 Å². The first-order valence-electron chi connectivity index (χ1n) is 9.17. The first-order valence-corrected chi connectivity index (χ1v) is 9.57. The van der Waals surface area contributed by atoms with Crippen LogP contribution in [0.4, 0.5) is 11.4 Å². The number of nitrogens with one attached hydrogen (secondary N) is 2. The molecule has 1 heterocycles. The summed E-state index contributed by atoms with van der Waals surface area (Å²) in [6.07, 6.45) is 2.63. The van der Waals surface area contributed by atoms with Gasteiger partial charge < -0.3 is 20.3 Å². The lowest BCUT2D eigenvalue weighted by atomic mass is 9.99. The molecule has 26 heavy (non-hydrogen) atoms. The third kappa shape index (κ3) is 5.11. The summed E-state index contributed by atoms with van der Waals surface area (Å²) in [4.78, 5) is 2.49. The van der Waals surface area contributed by atoms with E-state index in [4.69, 9.17) is 17.0 Å². The van der Waals surface area contributed by atoms with E-state index in [2.05, 4.69) is 46.7 Å². The Morgan fingerprint density at radius 1 is 1.23 bits per heavy atom. The average Bonchev–Trinajstić information content (AvgIpc) is 2.67. The fraction of sp³-hybridized carbons (Fsp3) is 0.381. The highest BCUT2D eigenvalue weighted by atomic mass is 32.1. The van der Waals surface area contributed by atoms with Gasteiger partial charge in [-0.2, -0.15) is 0 Å². The third-order valence-corrected chi connectivity index (χ3v) is 4.99. The van der Waals surface area contributed by atoms with Crippen molar-refractivity contribution in [1.29, 1.82) is 0 Å². The summed E-state index contributed by atoms with van der Waals surface area (Å²) in [6, 6.07) is 16.5. The number of thiocarbonyl (C=S) groups is 1. The van der Waals surface area contributed by atoms with Crippen molar-refractivity contribution >= 4 is 28.7 Å². The first-order chi connectivity index (χ1) is 12.6. The predicted octanol–water partition coefficient (Wildman–Crippen LogP) is 4.42. The summed E-state index contributed by atoms with van der Waals surface area (Å²) in [7, 11) is 1.66. The van der Waals surface area contributed by atoms with E-state index >= 15 is 0 Å². The molecule has 2 aromatic rings. The van der Waals surface area contributed by atoms with Crippen molar-refractivity contribution < 1.29 is 4.74 Å². The van der Waals surface area contributed by atoms with Crippen LogP contribution in [-0.2, 0) is 6.54 Å². The minimum atomic E-state index is 0.604. The van der Waals surface area contributed by atoms with E-state index in [1.54, 1.807) is 7.11 Å². The highest BCUT2D eigenvalue weighted by Gasteiger charge is 2.16. The zero-order chi connectivity index (χ0) is 18.4. The molecule has 4 nitrogen and oxygen atoms in total. The van der Waals surface area contributed by atoms with Crippen molar-refractivity contribution in [2.45, 2.75) is 26.3 Å². The van der Waals surface area contributed by atoms with Gasteiger partial charge in [0.25, 0.3) is 0 Å². The second kappa shape index (κ2) is 8.90. The van der Waals surface area contributed by atoms with Crippen LogP contribution in [0.25, 0.3) is 0 Å². The van der Waals surface area contributed by atoms with E-state index in [9.17, 15) is 0 Å². The number of anilines is 2. The number of nitrogens with zero attached hydrogens (tertiary/aromatic N) is 1. The van der Waals surface area contributed by atoms with Gasteiger partial charge in [0.05, 0.1) is 7.11 Å². The van der Waals surface area contributed by atoms with E-state index in [-0.39, 0.29) is 0 Å². The van der Waals surface area contributed by atoms with Crippen LogP contribution in [0.3, 0.4) is 0 Å². The molecule has 0 saturated carbocycles. The number of benzene rings is 2. The molecular weight excluding hydrogens is 342 g/mol. The molecule has 0 bridgehead atoms. The molecule has 1 aliphatic heterocycles. The van der Waals surface area contributed by atoms with Gasteiger partial charge in [0, 0.05) is 37.1 Å². The summed E-state index contributed by atoms with van der Waals surface area (Å²) in [5, 5.41) is 7.05. The van der Waals surface area contributed by atoms with Gasteiger partial charge in [-0.25, -0.2) is 0 Å². The lowest BCUT2D eigenvalue weighted by molar-refractivity contribution is 0.415. The summed E-state index contributed by atoms with van der Waals surface area (Å²) in [5.41, 5.74) is 3.45. The van der Waals surface area contributed by atoms with Gasteiger partial charge in [0.1, 0.15) is 5.75 Å². The summed E-state index contributed by atoms with van der Waals surface area (Å²) >= 11 is 5.38. The van der Waals surface area contributed by atoms with E-state index in [1.807, 2.05) is 24.3 Å². The molecule has 0 aromatic heterocycles. The maximum absolute atomic E-state index is 5.38. The summed E-state index contributed by atoms with van der Waals surface area (Å²) in [5.74, 6) is 1.59. The van der Waals surface area contributed by atoms with Crippen LogP contribution in [0.15, 0.2) is 48.5 Å². The molecular formula is C21H27N3OS. The van der Waals surface area contributed by atoms with Crippen molar-refractivity contribution in [3.8, 4) is 5.75 Å². The molecule has 1 atom stereocenters. The quantitative estimate of drug-likeness (QED) is 0.763. The Kier molecular flexibility index (Phi) is 6.34. The van der Waals surface area contributed by atoms with Gasteiger partial charge in [0.2, 0.25) is 0 Å². The van der Waals surface area contributed by atoms with Crippen LogP contribution < -0.4 is 20.3 Å². The maximum Gasteiger partial charge on any atom is 0.171 e. The van der Waals surface area contributed by atoms with Crippen molar-refractivity contribution in [2.75, 3.05) is 30.4 Å². The third-order valence-electron chi connectivity index (χ3n) is 4.74. The lowest BCUT2D eigenvalue weighted by Gasteiger charge is -2.32. The van der Waals surface area contributed by atoms with Crippen molar-refractivity contribution in [3.63, 3.8) is 0 Å². The fourth-order valence-electron chi connectivity index (χ4n) is 3.31. The molecule has 0 aliphatic carbocycles. The van der Waals surface area contributed by atoms with Crippen LogP contribution in [0.1, 0.15) is 25.3 Å². The Labute approximate surface area is 161 Å². The molecule has 0 radical (unpaired) electrons. The molecule has 138 valence electrons. The summed E-state index contributed by atoms with van der Waals surface area (Å²) in [6.45, 7) is 5.36. The highest BCUT2D eigenvalue weighted by molar-refractivity contribution is 7.80. The van der Waals surface area contributed by atoms with Gasteiger partial charge in [-0.05, 0) is 60.8 Å². The molecule has 3 rings (SSSR count). The Morgan fingerprint density at radius 3 is 2.77 bits per heavy atom. The Bertz CT molecular complexity index is 732. The van der Waals surface area contributed by atoms with Crippen molar-refractivity contribution in [3.05, 3.63) is 54.1 Å². The van der Waals surface area contributed by atoms with Gasteiger partial charge in [0.15, 0.2) is 5.11 Å². The molecule has 2 aromatic carbocycles. The number of hydrogen-bond acceptors (Lipinski definition) is 3. The van der Waals surface area contributed by atoms with Gasteiger partial charge in [-0.1, -0.05) is 25.1 Å². The van der Waals surface area contributed by atoms with E-state index in [0.29, 0.717) is 11.7 Å². The number of ether oxygens (including phenoxy) is 1. The van der Waals surface area contributed by atoms with Crippen LogP contribution in [-0.4, -0.2) is 25.3 Å². The Morgan fingerprint density at radius 2 is 2.04 bits per heavy atom. The van der Waals surface area contributed by atoms with Crippen LogP contribution in [0, 0.1) is 5.92 Å². The molecule has 0 amide bonds. The standard InChI is InChI=1S/C21H27N3OS/c1-16-5-4-12-24(15-16)19-10-8-17(9-11-19)14-22-21(26)23-18-6-3-7-20(13-18)25-2/h3,6-11,13,16H,4-5,12,14-15H2,1-2H3,(H2,22,23,26). The largest absolute Gasteiger partial charge is 0.497 e. The van der Waals surface area contributed by atoms with Gasteiger partial charge in [-0.3, -0.25) is 0 Å². The SMILES string of the molecule is COc1cccc(NC(=S)NCc2ccc(N3CCCC(C)C3)cc2)c1. The van der Waals surface area contributed by atoms with Gasteiger partial charge >= 0.3 is 0 Å². The summed E-state index contributed by atoms with van der Waals surface area (Å²) < 4.78 is 5.23. The number of piperidine rings is 1. The van der Waals surface area contributed by atoms with Crippen LogP contribution in [0.5, 0.6) is 5.75 Å². The van der Waals surface area contributed by atoms with E-state index in [0.717, 1.165) is 30.4 Å². The minimum Gasteiger partial charge on any atom is -0.497 e. The molecule has 0 spiro atoms. The Balaban J connectivity index is 1.50. The Hall–Kier alpha value is -2.27. The van der Waals surface area contributed by atoms with Crippen LogP contribution in [0.2, 0.25) is 0 Å². The predicted molar refractivity (Wildman–Crippen MR) is 113 cm³/mol. The molecule has 1 saturated heterocycles. The number of methoxy groups -OCH3 is 1. The monoisotopic (exact) mass is 369 g/mol. The zero-order valence-corrected chi connectivity index (χ0v) is 16.3. The molecule has 2 N–H and O–H groups in total. The lowest BCUT2D eigenvalue weighted by Crippen LogP contribution is -2.34. The maximum atomic E-state index is 5.38. The molecule has 1 aliphatic rings. The second-order valence-electron chi connectivity index (χ2n) is 6.90. The smallest absolute Gasteiger partial charge is 0.171 e.